The number of carbonyl (C=O) groups excluding carboxylic acids is 2. The van der Waals surface area contributed by atoms with E-state index in [1.807, 2.05) is 6.07 Å². The summed E-state index contributed by atoms with van der Waals surface area (Å²) in [6.45, 7) is 3.09. The van der Waals surface area contributed by atoms with Crippen LogP contribution in [0.25, 0.3) is 0 Å². The van der Waals surface area contributed by atoms with Crippen LogP contribution in [0.4, 0.5) is 23.7 Å². The summed E-state index contributed by atoms with van der Waals surface area (Å²) in [5, 5.41) is 9.20. The number of aromatic amines is 1. The summed E-state index contributed by atoms with van der Waals surface area (Å²) in [5.41, 5.74) is 0.123. The van der Waals surface area contributed by atoms with Crippen molar-refractivity contribution < 1.29 is 27.5 Å². The predicted molar refractivity (Wildman–Crippen MR) is 127 cm³/mol. The Hall–Kier alpha value is -4.59. The zero-order chi connectivity index (χ0) is 26.7. The minimum atomic E-state index is -4.63. The molecule has 11 heteroatoms. The molecule has 37 heavy (non-hydrogen) atoms. The first-order valence-corrected chi connectivity index (χ1v) is 11.3. The normalized spacial score (nSPS) is 16.1. The van der Waals surface area contributed by atoms with Crippen molar-refractivity contribution in [3.05, 3.63) is 94.7 Å². The number of alkyl halides is 3. The van der Waals surface area contributed by atoms with Crippen LogP contribution < -0.4 is 4.90 Å². The third-order valence-corrected chi connectivity index (χ3v) is 5.90. The van der Waals surface area contributed by atoms with Crippen LogP contribution in [0.15, 0.2) is 72.2 Å². The number of benzene rings is 2. The molecule has 0 radical (unpaired) electrons. The summed E-state index contributed by atoms with van der Waals surface area (Å²) >= 11 is 0. The number of nitrogens with zero attached hydrogens (tertiary/aromatic N) is 4. The highest BCUT2D eigenvalue weighted by molar-refractivity contribution is 6.03. The van der Waals surface area contributed by atoms with Crippen LogP contribution in [0.5, 0.6) is 0 Å². The zero-order valence-corrected chi connectivity index (χ0v) is 19.9. The fourth-order valence-electron chi connectivity index (χ4n) is 4.24. The largest absolute Gasteiger partial charge is 0.463 e. The summed E-state index contributed by atoms with van der Waals surface area (Å²) in [7, 11) is 0. The Kier molecular flexibility index (Phi) is 7.02. The second-order valence-electron chi connectivity index (χ2n) is 8.19. The van der Waals surface area contributed by atoms with Crippen LogP contribution in [0.3, 0.4) is 0 Å². The van der Waals surface area contributed by atoms with Crippen LogP contribution in [0.2, 0.25) is 0 Å². The maximum Gasteiger partial charge on any atom is 0.416 e. The highest BCUT2D eigenvalue weighted by atomic mass is 19.4. The van der Waals surface area contributed by atoms with Gasteiger partial charge in [0.15, 0.2) is 0 Å². The first-order valence-electron chi connectivity index (χ1n) is 11.3. The van der Waals surface area contributed by atoms with Crippen LogP contribution in [0.1, 0.15) is 42.4 Å². The van der Waals surface area contributed by atoms with E-state index < -0.39 is 29.8 Å². The van der Waals surface area contributed by atoms with E-state index in [2.05, 4.69) is 9.97 Å². The molecule has 190 valence electrons. The number of anilines is 1. The van der Waals surface area contributed by atoms with Gasteiger partial charge in [0.1, 0.15) is 5.82 Å². The zero-order valence-electron chi connectivity index (χ0n) is 19.9. The van der Waals surface area contributed by atoms with Gasteiger partial charge in [0.2, 0.25) is 0 Å². The van der Waals surface area contributed by atoms with Gasteiger partial charge in [-0.15, -0.1) is 0 Å². The number of hydrogen-bond acceptors (Lipinski definition) is 5. The molecule has 1 aromatic heterocycles. The van der Waals surface area contributed by atoms with Crippen molar-refractivity contribution in [1.29, 1.82) is 5.26 Å². The number of esters is 1. The number of rotatable bonds is 6. The van der Waals surface area contributed by atoms with Crippen LogP contribution in [-0.2, 0) is 22.3 Å². The molecule has 1 aliphatic rings. The van der Waals surface area contributed by atoms with Crippen molar-refractivity contribution in [2.75, 3.05) is 11.5 Å². The SMILES string of the molecule is CCOC(=O)C1=C(C)N(c2cccc(C(F)(F)F)c2)C(=O)N(Cc2ncc[nH]2)C1c1ccc(C#N)cc1. The molecule has 0 bridgehead atoms. The molecule has 4 rings (SSSR count). The highest BCUT2D eigenvalue weighted by Gasteiger charge is 2.43. The van der Waals surface area contributed by atoms with Crippen LogP contribution in [0, 0.1) is 11.3 Å². The number of hydrogen-bond donors (Lipinski definition) is 1. The smallest absolute Gasteiger partial charge is 0.416 e. The number of nitrogens with one attached hydrogen (secondary N) is 1. The summed E-state index contributed by atoms with van der Waals surface area (Å²) in [5.74, 6) is -0.318. The maximum absolute atomic E-state index is 13.9. The van der Waals surface area contributed by atoms with Crippen molar-refractivity contribution >= 4 is 17.7 Å². The number of H-pyrrole nitrogens is 1. The second kappa shape index (κ2) is 10.2. The number of ether oxygens (including phenoxy) is 1. The molecule has 8 nitrogen and oxygen atoms in total. The molecule has 0 saturated heterocycles. The van der Waals surface area contributed by atoms with Gasteiger partial charge in [-0.1, -0.05) is 18.2 Å². The molecule has 1 N–H and O–H groups in total. The fraction of sp³-hybridized carbons (Fsp3) is 0.231. The Morgan fingerprint density at radius 2 is 1.95 bits per heavy atom. The average Bonchev–Trinajstić information content (AvgIpc) is 3.39. The molecule has 0 saturated carbocycles. The first-order chi connectivity index (χ1) is 17.7. The van der Waals surface area contributed by atoms with E-state index in [4.69, 9.17) is 4.74 Å². The highest BCUT2D eigenvalue weighted by Crippen LogP contribution is 2.41. The van der Waals surface area contributed by atoms with Gasteiger partial charge in [0, 0.05) is 18.1 Å². The Balaban J connectivity index is 1.94. The maximum atomic E-state index is 13.9. The molecule has 0 aliphatic carbocycles. The van der Waals surface area contributed by atoms with Crippen molar-refractivity contribution in [1.82, 2.24) is 14.9 Å². The Bertz CT molecular complexity index is 1380. The molecular formula is C26H22F3N5O3. The quantitative estimate of drug-likeness (QED) is 0.453. The van der Waals surface area contributed by atoms with E-state index in [1.165, 1.54) is 30.2 Å². The number of halogens is 3. The number of carbonyl (C=O) groups is 2. The molecule has 0 fully saturated rings. The summed E-state index contributed by atoms with van der Waals surface area (Å²) < 4.78 is 45.7. The van der Waals surface area contributed by atoms with Crippen LogP contribution >= 0.6 is 0 Å². The van der Waals surface area contributed by atoms with Crippen molar-refractivity contribution in [3.8, 4) is 6.07 Å². The molecule has 1 aliphatic heterocycles. The minimum absolute atomic E-state index is 0.0470. The second-order valence-corrected chi connectivity index (χ2v) is 8.19. The Labute approximate surface area is 210 Å². The van der Waals surface area contributed by atoms with E-state index in [-0.39, 0.29) is 30.1 Å². The standard InChI is InChI=1S/C26H22F3N5O3/c1-3-37-24(35)22-16(2)34(20-6-4-5-19(13-20)26(27,28)29)25(36)33(15-21-31-11-12-32-21)23(22)18-9-7-17(14-30)8-10-18/h4-13,23H,3,15H2,1-2H3,(H,31,32). The fourth-order valence-corrected chi connectivity index (χ4v) is 4.24. The molecule has 2 amide bonds. The number of allylic oxidation sites excluding steroid dienone is 1. The summed E-state index contributed by atoms with van der Waals surface area (Å²) in [6, 6.07) is 11.1. The monoisotopic (exact) mass is 509 g/mol. The molecule has 3 aromatic rings. The molecule has 1 atom stereocenters. The number of aromatic nitrogens is 2. The Morgan fingerprint density at radius 3 is 2.54 bits per heavy atom. The number of nitriles is 1. The van der Waals surface area contributed by atoms with Gasteiger partial charge in [0.05, 0.1) is 47.7 Å². The lowest BCUT2D eigenvalue weighted by Gasteiger charge is -2.42. The molecular weight excluding hydrogens is 487 g/mol. The summed E-state index contributed by atoms with van der Waals surface area (Å²) in [6.07, 6.45) is -1.56. The molecule has 2 heterocycles. The van der Waals surface area contributed by atoms with Gasteiger partial charge in [0.25, 0.3) is 0 Å². The third kappa shape index (κ3) is 5.04. The van der Waals surface area contributed by atoms with Gasteiger partial charge in [-0.05, 0) is 49.7 Å². The van der Waals surface area contributed by atoms with Gasteiger partial charge >= 0.3 is 18.2 Å². The lowest BCUT2D eigenvalue weighted by molar-refractivity contribution is -0.139. The van der Waals surface area contributed by atoms with E-state index in [1.54, 1.807) is 37.4 Å². The van der Waals surface area contributed by atoms with Gasteiger partial charge in [-0.25, -0.2) is 14.6 Å². The van der Waals surface area contributed by atoms with Gasteiger partial charge in [-0.2, -0.15) is 18.4 Å². The van der Waals surface area contributed by atoms with E-state index in [0.29, 0.717) is 17.0 Å². The number of urea groups is 1. The molecule has 0 spiro atoms. The first kappa shape index (κ1) is 25.5. The van der Waals surface area contributed by atoms with E-state index in [9.17, 15) is 28.0 Å². The van der Waals surface area contributed by atoms with Crippen LogP contribution in [-0.4, -0.2) is 33.5 Å². The Morgan fingerprint density at radius 1 is 1.22 bits per heavy atom. The lowest BCUT2D eigenvalue weighted by atomic mass is 9.92. The molecule has 2 aromatic carbocycles. The van der Waals surface area contributed by atoms with Gasteiger partial charge < -0.3 is 14.6 Å². The topological polar surface area (TPSA) is 102 Å². The lowest BCUT2D eigenvalue weighted by Crippen LogP contribution is -2.50. The number of imidazole rings is 1. The third-order valence-electron chi connectivity index (χ3n) is 5.90. The number of amides is 2. The van der Waals surface area contributed by atoms with Crippen molar-refractivity contribution in [3.63, 3.8) is 0 Å². The van der Waals surface area contributed by atoms with E-state index in [0.717, 1.165) is 17.0 Å². The van der Waals surface area contributed by atoms with Crippen molar-refractivity contribution in [2.24, 2.45) is 0 Å². The minimum Gasteiger partial charge on any atom is -0.463 e. The predicted octanol–water partition coefficient (Wildman–Crippen LogP) is 5.32. The van der Waals surface area contributed by atoms with Crippen molar-refractivity contribution in [2.45, 2.75) is 32.6 Å². The average molecular weight is 509 g/mol. The van der Waals surface area contributed by atoms with E-state index >= 15 is 0 Å². The molecule has 1 unspecified atom stereocenters. The summed E-state index contributed by atoms with van der Waals surface area (Å²) in [4.78, 5) is 36.7. The van der Waals surface area contributed by atoms with Gasteiger partial charge in [-0.3, -0.25) is 4.90 Å².